The highest BCUT2D eigenvalue weighted by Gasteiger charge is 2.04. The van der Waals surface area contributed by atoms with Gasteiger partial charge in [0, 0.05) is 19.2 Å². The molecule has 0 heterocycles. The third-order valence-electron chi connectivity index (χ3n) is 3.82. The molecular formula is C22H26N2. The van der Waals surface area contributed by atoms with Gasteiger partial charge in [0.1, 0.15) is 5.84 Å². The average Bonchev–Trinajstić information content (AvgIpc) is 2.64. The van der Waals surface area contributed by atoms with Gasteiger partial charge in [-0.3, -0.25) is 4.99 Å². The number of aliphatic imine (C=N–C) groups is 1. The number of benzene rings is 1. The fraction of sp³-hybridized carbons (Fsp3) is 0.227. The summed E-state index contributed by atoms with van der Waals surface area (Å²) in [4.78, 5) is 4.40. The third-order valence-corrected chi connectivity index (χ3v) is 3.82. The summed E-state index contributed by atoms with van der Waals surface area (Å²) in [5.41, 5.74) is 3.66. The lowest BCUT2D eigenvalue weighted by Crippen LogP contribution is -2.27. The van der Waals surface area contributed by atoms with E-state index in [9.17, 15) is 0 Å². The lowest BCUT2D eigenvalue weighted by Gasteiger charge is -2.12. The normalized spacial score (nSPS) is 15.5. The second kappa shape index (κ2) is 10.2. The van der Waals surface area contributed by atoms with Gasteiger partial charge in [-0.05, 0) is 30.4 Å². The van der Waals surface area contributed by atoms with E-state index in [1.165, 1.54) is 11.1 Å². The van der Waals surface area contributed by atoms with Crippen LogP contribution in [0.15, 0.2) is 95.6 Å². The summed E-state index contributed by atoms with van der Waals surface area (Å²) in [6, 6.07) is 10.4. The largest absolute Gasteiger partial charge is 0.366 e. The van der Waals surface area contributed by atoms with Crippen LogP contribution in [0.5, 0.6) is 0 Å². The number of hydrogen-bond acceptors (Lipinski definition) is 1. The smallest absolute Gasteiger partial charge is 0.128 e. The number of nitrogens with zero attached hydrogens (tertiary/aromatic N) is 1. The van der Waals surface area contributed by atoms with E-state index >= 15 is 0 Å². The van der Waals surface area contributed by atoms with Crippen LogP contribution in [-0.4, -0.2) is 19.4 Å². The Balaban J connectivity index is 1.99. The molecule has 0 radical (unpaired) electrons. The van der Waals surface area contributed by atoms with Crippen molar-refractivity contribution in [3.63, 3.8) is 0 Å². The van der Waals surface area contributed by atoms with Crippen LogP contribution in [0.3, 0.4) is 0 Å². The molecule has 0 aromatic heterocycles. The van der Waals surface area contributed by atoms with E-state index in [0.717, 1.165) is 37.2 Å². The molecule has 0 aliphatic heterocycles. The standard InChI is InChI=1S/C22H26N2/c1-3-11-21(17-10-16-19-12-6-4-7-13-19)22(23-2)24-18-20-14-8-5-9-15-20/h3-4,6-8,10-15,17H,1,5,9,16,18H2,2H3,(H,23,24)/b17-10-,21-11+. The SMILES string of the molecule is C=C/C=C(\C=C/Cc1ccccc1)C(=NC)NCC1=CCCC=C1. The van der Waals surface area contributed by atoms with Crippen molar-refractivity contribution in [2.24, 2.45) is 4.99 Å². The fourth-order valence-electron chi connectivity index (χ4n) is 2.57. The first kappa shape index (κ1) is 17.7. The van der Waals surface area contributed by atoms with E-state index in [1.54, 1.807) is 6.08 Å². The van der Waals surface area contributed by atoms with Crippen molar-refractivity contribution in [2.45, 2.75) is 19.3 Å². The van der Waals surface area contributed by atoms with Crippen molar-refractivity contribution < 1.29 is 0 Å². The lowest BCUT2D eigenvalue weighted by atomic mass is 10.1. The molecule has 124 valence electrons. The Hall–Kier alpha value is -2.61. The van der Waals surface area contributed by atoms with Crippen molar-refractivity contribution >= 4 is 5.84 Å². The van der Waals surface area contributed by atoms with Crippen LogP contribution in [0.1, 0.15) is 18.4 Å². The summed E-state index contributed by atoms with van der Waals surface area (Å²) < 4.78 is 0. The van der Waals surface area contributed by atoms with Gasteiger partial charge in [-0.2, -0.15) is 0 Å². The highest BCUT2D eigenvalue weighted by molar-refractivity contribution is 6.01. The summed E-state index contributed by atoms with van der Waals surface area (Å²) >= 11 is 0. The zero-order valence-electron chi connectivity index (χ0n) is 14.4. The molecule has 2 heteroatoms. The van der Waals surface area contributed by atoms with Crippen LogP contribution in [-0.2, 0) is 6.42 Å². The van der Waals surface area contributed by atoms with Gasteiger partial charge in [-0.25, -0.2) is 0 Å². The fourth-order valence-corrected chi connectivity index (χ4v) is 2.57. The molecule has 1 aromatic rings. The van der Waals surface area contributed by atoms with Gasteiger partial charge in [0.15, 0.2) is 0 Å². The highest BCUT2D eigenvalue weighted by Crippen LogP contribution is 2.09. The summed E-state index contributed by atoms with van der Waals surface area (Å²) in [6.07, 6.45) is 17.9. The molecule has 0 unspecified atom stereocenters. The van der Waals surface area contributed by atoms with E-state index < -0.39 is 0 Å². The number of rotatable bonds is 7. The molecule has 1 aliphatic rings. The minimum atomic E-state index is 0.796. The summed E-state index contributed by atoms with van der Waals surface area (Å²) in [6.45, 7) is 4.61. The van der Waals surface area contributed by atoms with Crippen LogP contribution in [0, 0.1) is 0 Å². The first-order valence-corrected chi connectivity index (χ1v) is 8.43. The van der Waals surface area contributed by atoms with E-state index in [4.69, 9.17) is 0 Å². The molecule has 1 N–H and O–H groups in total. The number of amidine groups is 1. The van der Waals surface area contributed by atoms with Gasteiger partial charge < -0.3 is 5.32 Å². The molecule has 24 heavy (non-hydrogen) atoms. The van der Waals surface area contributed by atoms with Crippen molar-refractivity contribution in [3.05, 3.63) is 96.2 Å². The summed E-state index contributed by atoms with van der Waals surface area (Å²) in [7, 11) is 1.81. The second-order valence-corrected chi connectivity index (χ2v) is 5.63. The molecule has 2 nitrogen and oxygen atoms in total. The second-order valence-electron chi connectivity index (χ2n) is 5.63. The molecule has 0 amide bonds. The molecule has 1 aliphatic carbocycles. The van der Waals surface area contributed by atoms with Gasteiger partial charge >= 0.3 is 0 Å². The molecule has 0 atom stereocenters. The molecule has 0 spiro atoms. The van der Waals surface area contributed by atoms with Crippen LogP contribution >= 0.6 is 0 Å². The Bertz CT molecular complexity index is 673. The Kier molecular flexibility index (Phi) is 7.55. The minimum absolute atomic E-state index is 0.796. The molecule has 0 saturated carbocycles. The summed E-state index contributed by atoms with van der Waals surface area (Å²) in [5.74, 6) is 0.888. The van der Waals surface area contributed by atoms with Gasteiger partial charge in [0.25, 0.3) is 0 Å². The number of nitrogens with one attached hydrogen (secondary N) is 1. The summed E-state index contributed by atoms with van der Waals surface area (Å²) in [5, 5.41) is 3.44. The van der Waals surface area contributed by atoms with Crippen molar-refractivity contribution in [3.8, 4) is 0 Å². The van der Waals surface area contributed by atoms with Crippen LogP contribution < -0.4 is 5.32 Å². The maximum absolute atomic E-state index is 4.40. The molecule has 1 aromatic carbocycles. The topological polar surface area (TPSA) is 24.4 Å². The molecule has 0 saturated heterocycles. The zero-order valence-corrected chi connectivity index (χ0v) is 14.4. The maximum Gasteiger partial charge on any atom is 0.128 e. The molecular weight excluding hydrogens is 292 g/mol. The Morgan fingerprint density at radius 2 is 2.08 bits per heavy atom. The first-order valence-electron chi connectivity index (χ1n) is 8.43. The van der Waals surface area contributed by atoms with Crippen LogP contribution in [0.4, 0.5) is 0 Å². The highest BCUT2D eigenvalue weighted by atomic mass is 15.0. The third kappa shape index (κ3) is 5.88. The van der Waals surface area contributed by atoms with Gasteiger partial charge in [0.2, 0.25) is 0 Å². The van der Waals surface area contributed by atoms with Crippen molar-refractivity contribution in [2.75, 3.05) is 13.6 Å². The van der Waals surface area contributed by atoms with Crippen molar-refractivity contribution in [1.29, 1.82) is 0 Å². The van der Waals surface area contributed by atoms with Crippen LogP contribution in [0.2, 0.25) is 0 Å². The maximum atomic E-state index is 4.40. The van der Waals surface area contributed by atoms with E-state index in [2.05, 4.69) is 71.5 Å². The Labute approximate surface area is 145 Å². The number of hydrogen-bond donors (Lipinski definition) is 1. The van der Waals surface area contributed by atoms with E-state index in [-0.39, 0.29) is 0 Å². The number of allylic oxidation sites excluding steroid dienone is 5. The van der Waals surface area contributed by atoms with Gasteiger partial charge in [-0.15, -0.1) is 0 Å². The van der Waals surface area contributed by atoms with E-state index in [0.29, 0.717) is 0 Å². The average molecular weight is 318 g/mol. The quantitative estimate of drug-likeness (QED) is 0.436. The predicted octanol–water partition coefficient (Wildman–Crippen LogP) is 4.79. The minimum Gasteiger partial charge on any atom is -0.366 e. The zero-order chi connectivity index (χ0) is 17.0. The molecule has 0 bridgehead atoms. The molecule has 2 rings (SSSR count). The van der Waals surface area contributed by atoms with E-state index in [1.807, 2.05) is 19.2 Å². The monoisotopic (exact) mass is 318 g/mol. The Morgan fingerprint density at radius 1 is 1.25 bits per heavy atom. The van der Waals surface area contributed by atoms with Gasteiger partial charge in [0.05, 0.1) is 0 Å². The van der Waals surface area contributed by atoms with Crippen molar-refractivity contribution in [1.82, 2.24) is 5.32 Å². The van der Waals surface area contributed by atoms with Crippen LogP contribution in [0.25, 0.3) is 0 Å². The Morgan fingerprint density at radius 3 is 2.75 bits per heavy atom. The predicted molar refractivity (Wildman–Crippen MR) is 105 cm³/mol. The van der Waals surface area contributed by atoms with Gasteiger partial charge in [-0.1, -0.05) is 79.4 Å². The first-order chi connectivity index (χ1) is 11.8. The molecule has 0 fully saturated rings. The lowest BCUT2D eigenvalue weighted by molar-refractivity contribution is 0.946.